The fourth-order valence-electron chi connectivity index (χ4n) is 2.55. The van der Waals surface area contributed by atoms with Crippen LogP contribution in [0.25, 0.3) is 0 Å². The van der Waals surface area contributed by atoms with Gasteiger partial charge in [-0.05, 0) is 37.1 Å². The van der Waals surface area contributed by atoms with Crippen molar-refractivity contribution in [3.63, 3.8) is 0 Å². The molecule has 7 nitrogen and oxygen atoms in total. The molecule has 1 unspecified atom stereocenters. The summed E-state index contributed by atoms with van der Waals surface area (Å²) in [5.41, 5.74) is 0.249. The van der Waals surface area contributed by atoms with Gasteiger partial charge in [0.2, 0.25) is 0 Å². The molecule has 26 heavy (non-hydrogen) atoms. The summed E-state index contributed by atoms with van der Waals surface area (Å²) >= 11 is 0. The number of nitrogens with zero attached hydrogens (tertiary/aromatic N) is 2. The van der Waals surface area contributed by atoms with Crippen LogP contribution < -0.4 is 9.46 Å². The first kappa shape index (κ1) is 18.5. The second-order valence-corrected chi connectivity index (χ2v) is 7.39. The summed E-state index contributed by atoms with van der Waals surface area (Å²) in [7, 11) is -3.96. The first-order chi connectivity index (χ1) is 12.2. The van der Waals surface area contributed by atoms with Gasteiger partial charge in [-0.2, -0.15) is 5.10 Å². The van der Waals surface area contributed by atoms with Gasteiger partial charge in [-0.25, -0.2) is 8.42 Å². The number of aromatic nitrogens is 2. The zero-order chi connectivity index (χ0) is 18.8. The fourth-order valence-corrected chi connectivity index (χ4v) is 3.58. The highest BCUT2D eigenvalue weighted by atomic mass is 32.2. The Morgan fingerprint density at radius 1 is 1.31 bits per heavy atom. The van der Waals surface area contributed by atoms with Gasteiger partial charge in [0.05, 0.1) is 29.4 Å². The van der Waals surface area contributed by atoms with Crippen LogP contribution in [-0.2, 0) is 21.3 Å². The Balaban J connectivity index is 1.65. The number of anilines is 1. The summed E-state index contributed by atoms with van der Waals surface area (Å²) in [6, 6.07) is 3.92. The molecule has 3 rings (SSSR count). The predicted octanol–water partition coefficient (Wildman–Crippen LogP) is 2.76. The summed E-state index contributed by atoms with van der Waals surface area (Å²) in [5.74, 6) is -0.499. The van der Waals surface area contributed by atoms with Gasteiger partial charge in [0.15, 0.2) is 0 Å². The second-order valence-electron chi connectivity index (χ2n) is 5.71. The van der Waals surface area contributed by atoms with Gasteiger partial charge in [0, 0.05) is 12.8 Å². The van der Waals surface area contributed by atoms with Crippen molar-refractivity contribution in [2.45, 2.75) is 36.7 Å². The number of sulfonamides is 1. The number of hydrogen-bond acceptors (Lipinski definition) is 5. The first-order valence-electron chi connectivity index (χ1n) is 7.74. The SMILES string of the molecule is O=S(=O)(Nc1cnn(CC2CCCO2)c1)c1ccc(OC(F)(F)F)cc1. The second kappa shape index (κ2) is 7.16. The van der Waals surface area contributed by atoms with Gasteiger partial charge in [0.1, 0.15) is 5.75 Å². The topological polar surface area (TPSA) is 82.5 Å². The van der Waals surface area contributed by atoms with Crippen molar-refractivity contribution < 1.29 is 31.1 Å². The molecule has 1 fully saturated rings. The zero-order valence-electron chi connectivity index (χ0n) is 13.4. The molecule has 0 aliphatic carbocycles. The van der Waals surface area contributed by atoms with Crippen LogP contribution in [0.4, 0.5) is 18.9 Å². The number of ether oxygens (including phenoxy) is 2. The Labute approximate surface area is 147 Å². The maximum Gasteiger partial charge on any atom is 0.573 e. The minimum atomic E-state index is -4.84. The largest absolute Gasteiger partial charge is 0.573 e. The van der Waals surface area contributed by atoms with E-state index in [0.717, 1.165) is 37.1 Å². The van der Waals surface area contributed by atoms with Gasteiger partial charge in [-0.3, -0.25) is 9.40 Å². The molecule has 1 aromatic carbocycles. The number of nitrogens with one attached hydrogen (secondary N) is 1. The van der Waals surface area contributed by atoms with Crippen molar-refractivity contribution in [1.82, 2.24) is 9.78 Å². The summed E-state index contributed by atoms with van der Waals surface area (Å²) in [4.78, 5) is -0.195. The molecule has 1 saturated heterocycles. The molecule has 1 aliphatic heterocycles. The number of hydrogen-bond donors (Lipinski definition) is 1. The Morgan fingerprint density at radius 2 is 2.04 bits per heavy atom. The summed E-state index contributed by atoms with van der Waals surface area (Å²) in [5, 5.41) is 4.08. The smallest absolute Gasteiger partial charge is 0.406 e. The Bertz CT molecular complexity index is 844. The number of rotatable bonds is 6. The van der Waals surface area contributed by atoms with E-state index < -0.39 is 22.1 Å². The average molecular weight is 391 g/mol. The van der Waals surface area contributed by atoms with Gasteiger partial charge in [0.25, 0.3) is 10.0 Å². The van der Waals surface area contributed by atoms with Crippen LogP contribution in [0.1, 0.15) is 12.8 Å². The lowest BCUT2D eigenvalue weighted by Crippen LogP contribution is -2.17. The lowest BCUT2D eigenvalue weighted by molar-refractivity contribution is -0.274. The third kappa shape index (κ3) is 4.88. The van der Waals surface area contributed by atoms with Crippen molar-refractivity contribution in [2.24, 2.45) is 0 Å². The van der Waals surface area contributed by atoms with E-state index in [0.29, 0.717) is 13.2 Å². The predicted molar refractivity (Wildman–Crippen MR) is 85.1 cm³/mol. The monoisotopic (exact) mass is 391 g/mol. The number of halogens is 3. The zero-order valence-corrected chi connectivity index (χ0v) is 14.3. The van der Waals surface area contributed by atoms with Gasteiger partial charge in [-0.15, -0.1) is 13.2 Å². The van der Waals surface area contributed by atoms with E-state index in [1.807, 2.05) is 0 Å². The first-order valence-corrected chi connectivity index (χ1v) is 9.22. The molecule has 1 N–H and O–H groups in total. The van der Waals surface area contributed by atoms with E-state index in [-0.39, 0.29) is 16.7 Å². The molecule has 2 heterocycles. The molecule has 0 spiro atoms. The Hall–Kier alpha value is -2.27. The summed E-state index contributed by atoms with van der Waals surface area (Å²) in [6.45, 7) is 1.23. The standard InChI is InChI=1S/C15H16F3N3O4S/c16-15(17,18)25-12-3-5-14(6-4-12)26(22,23)20-11-8-19-21(9-11)10-13-2-1-7-24-13/h3-6,8-9,13,20H,1-2,7,10H2. The Kier molecular flexibility index (Phi) is 5.10. The summed E-state index contributed by atoms with van der Waals surface area (Å²) in [6.07, 6.45) is 0.0114. The van der Waals surface area contributed by atoms with Crippen molar-refractivity contribution in [3.05, 3.63) is 36.7 Å². The highest BCUT2D eigenvalue weighted by Gasteiger charge is 2.31. The van der Waals surface area contributed by atoms with Crippen LogP contribution in [0, 0.1) is 0 Å². The highest BCUT2D eigenvalue weighted by Crippen LogP contribution is 2.24. The minimum Gasteiger partial charge on any atom is -0.406 e. The average Bonchev–Trinajstić information content (AvgIpc) is 3.18. The van der Waals surface area contributed by atoms with Crippen molar-refractivity contribution in [2.75, 3.05) is 11.3 Å². The lowest BCUT2D eigenvalue weighted by Gasteiger charge is -2.10. The molecule has 1 aliphatic rings. The molecular formula is C15H16F3N3O4S. The third-order valence-corrected chi connectivity index (χ3v) is 5.06. The van der Waals surface area contributed by atoms with Crippen LogP contribution in [0.3, 0.4) is 0 Å². The fraction of sp³-hybridized carbons (Fsp3) is 0.400. The van der Waals surface area contributed by atoms with E-state index >= 15 is 0 Å². The van der Waals surface area contributed by atoms with Crippen LogP contribution in [0.2, 0.25) is 0 Å². The normalized spacial score (nSPS) is 18.0. The molecule has 0 amide bonds. The summed E-state index contributed by atoms with van der Waals surface area (Å²) < 4.78 is 74.2. The molecule has 1 atom stereocenters. The molecule has 0 saturated carbocycles. The van der Waals surface area contributed by atoms with Crippen molar-refractivity contribution >= 4 is 15.7 Å². The van der Waals surface area contributed by atoms with Crippen LogP contribution in [-0.4, -0.2) is 37.3 Å². The third-order valence-electron chi connectivity index (χ3n) is 3.67. The van der Waals surface area contributed by atoms with Crippen LogP contribution in [0.5, 0.6) is 5.75 Å². The van der Waals surface area contributed by atoms with Crippen molar-refractivity contribution in [3.8, 4) is 5.75 Å². The van der Waals surface area contributed by atoms with E-state index in [9.17, 15) is 21.6 Å². The van der Waals surface area contributed by atoms with E-state index in [2.05, 4.69) is 14.6 Å². The molecule has 0 bridgehead atoms. The van der Waals surface area contributed by atoms with Gasteiger partial charge >= 0.3 is 6.36 Å². The van der Waals surface area contributed by atoms with Crippen LogP contribution >= 0.6 is 0 Å². The maximum atomic E-state index is 12.3. The van der Waals surface area contributed by atoms with E-state index in [1.165, 1.54) is 12.4 Å². The lowest BCUT2D eigenvalue weighted by atomic mass is 10.2. The number of benzene rings is 1. The van der Waals surface area contributed by atoms with Crippen molar-refractivity contribution in [1.29, 1.82) is 0 Å². The molecule has 2 aromatic rings. The molecular weight excluding hydrogens is 375 g/mol. The maximum absolute atomic E-state index is 12.3. The van der Waals surface area contributed by atoms with E-state index in [1.54, 1.807) is 4.68 Å². The van der Waals surface area contributed by atoms with Gasteiger partial charge in [-0.1, -0.05) is 0 Å². The van der Waals surface area contributed by atoms with E-state index in [4.69, 9.17) is 4.74 Å². The molecule has 11 heteroatoms. The molecule has 142 valence electrons. The quantitative estimate of drug-likeness (QED) is 0.819. The number of alkyl halides is 3. The molecule has 0 radical (unpaired) electrons. The Morgan fingerprint density at radius 3 is 2.65 bits per heavy atom. The minimum absolute atomic E-state index is 0.0561. The van der Waals surface area contributed by atoms with Gasteiger partial charge < -0.3 is 9.47 Å². The van der Waals surface area contributed by atoms with Crippen LogP contribution in [0.15, 0.2) is 41.6 Å². The highest BCUT2D eigenvalue weighted by molar-refractivity contribution is 7.92. The molecule has 1 aromatic heterocycles.